The summed E-state index contributed by atoms with van der Waals surface area (Å²) >= 11 is 0. The minimum absolute atomic E-state index is 0.202. The van der Waals surface area contributed by atoms with Crippen LogP contribution in [-0.2, 0) is 9.53 Å². The van der Waals surface area contributed by atoms with E-state index in [4.69, 9.17) is 4.74 Å². The first kappa shape index (κ1) is 17.2. The number of methoxy groups -OCH3 is 1. The first-order valence-corrected chi connectivity index (χ1v) is 8.81. The molecule has 0 unspecified atom stereocenters. The van der Waals surface area contributed by atoms with Crippen molar-refractivity contribution in [2.24, 2.45) is 0 Å². The molecule has 0 heterocycles. The van der Waals surface area contributed by atoms with Gasteiger partial charge in [0.05, 0.1) is 6.04 Å². The van der Waals surface area contributed by atoms with Crippen LogP contribution in [0.5, 0.6) is 0 Å². The first-order chi connectivity index (χ1) is 12.4. The molecule has 0 N–H and O–H groups in total. The molecular formula is C21H21F2NO2. The van der Waals surface area contributed by atoms with Crippen LogP contribution < -0.4 is 0 Å². The molecule has 0 radical (unpaired) electrons. The number of carbonyl (C=O) groups is 1. The highest BCUT2D eigenvalue weighted by Gasteiger charge is 2.64. The number of carbonyl (C=O) groups excluding carboxylic acids is 1. The van der Waals surface area contributed by atoms with E-state index in [1.54, 1.807) is 0 Å². The van der Waals surface area contributed by atoms with Crippen LogP contribution in [0.4, 0.5) is 8.78 Å². The quantitative estimate of drug-likeness (QED) is 0.811. The molecule has 2 aromatic carbocycles. The van der Waals surface area contributed by atoms with Crippen molar-refractivity contribution in [2.75, 3.05) is 14.2 Å². The van der Waals surface area contributed by atoms with Gasteiger partial charge in [-0.05, 0) is 41.5 Å². The zero-order valence-corrected chi connectivity index (χ0v) is 14.8. The standard InChI is InChI=1S/C21H21F2NO2/c1-24(19(25)21(22,23)20(26-2)12-7-13-20)18-16-10-5-3-8-14(16)15-9-4-6-11-17(15)18/h3-6,8-11,18H,7,12-13H2,1-2H3. The van der Waals surface area contributed by atoms with Crippen molar-refractivity contribution in [3.8, 4) is 11.1 Å². The highest BCUT2D eigenvalue weighted by atomic mass is 19.3. The van der Waals surface area contributed by atoms with Gasteiger partial charge in [0.2, 0.25) is 0 Å². The molecule has 26 heavy (non-hydrogen) atoms. The molecule has 1 amide bonds. The summed E-state index contributed by atoms with van der Waals surface area (Å²) in [5.41, 5.74) is 2.05. The predicted molar refractivity (Wildman–Crippen MR) is 95.0 cm³/mol. The molecule has 5 heteroatoms. The van der Waals surface area contributed by atoms with Gasteiger partial charge in [0.1, 0.15) is 5.60 Å². The van der Waals surface area contributed by atoms with E-state index >= 15 is 8.78 Å². The molecule has 2 aliphatic carbocycles. The molecule has 0 aromatic heterocycles. The van der Waals surface area contributed by atoms with Crippen molar-refractivity contribution in [1.82, 2.24) is 4.90 Å². The second-order valence-corrected chi connectivity index (χ2v) is 7.12. The van der Waals surface area contributed by atoms with Gasteiger partial charge in [-0.2, -0.15) is 8.78 Å². The molecule has 0 bridgehead atoms. The Morgan fingerprint density at radius 2 is 1.58 bits per heavy atom. The lowest BCUT2D eigenvalue weighted by molar-refractivity contribution is -0.234. The van der Waals surface area contributed by atoms with Gasteiger partial charge < -0.3 is 9.64 Å². The van der Waals surface area contributed by atoms with Crippen molar-refractivity contribution < 1.29 is 18.3 Å². The van der Waals surface area contributed by atoms with E-state index < -0.39 is 23.5 Å². The summed E-state index contributed by atoms with van der Waals surface area (Å²) in [7, 11) is 2.72. The van der Waals surface area contributed by atoms with Crippen LogP contribution in [0.3, 0.4) is 0 Å². The van der Waals surface area contributed by atoms with Gasteiger partial charge >= 0.3 is 5.92 Å². The first-order valence-electron chi connectivity index (χ1n) is 8.81. The van der Waals surface area contributed by atoms with Crippen LogP contribution in [0.15, 0.2) is 48.5 Å². The summed E-state index contributed by atoms with van der Waals surface area (Å²) in [4.78, 5) is 14.0. The van der Waals surface area contributed by atoms with E-state index in [-0.39, 0.29) is 12.8 Å². The molecule has 136 valence electrons. The maximum atomic E-state index is 15.1. The number of fused-ring (bicyclic) bond motifs is 3. The summed E-state index contributed by atoms with van der Waals surface area (Å²) < 4.78 is 35.2. The Labute approximate surface area is 151 Å². The van der Waals surface area contributed by atoms with Crippen LogP contribution in [0.2, 0.25) is 0 Å². The Morgan fingerprint density at radius 3 is 2.00 bits per heavy atom. The Kier molecular flexibility index (Phi) is 3.88. The molecule has 2 aromatic rings. The van der Waals surface area contributed by atoms with Crippen LogP contribution >= 0.6 is 0 Å². The number of benzene rings is 2. The smallest absolute Gasteiger partial charge is 0.352 e. The van der Waals surface area contributed by atoms with E-state index in [0.717, 1.165) is 22.3 Å². The normalized spacial score (nSPS) is 18.0. The number of halogens is 2. The minimum Gasteiger partial charge on any atom is -0.371 e. The molecule has 1 fully saturated rings. The van der Waals surface area contributed by atoms with E-state index in [1.807, 2.05) is 48.5 Å². The second-order valence-electron chi connectivity index (χ2n) is 7.12. The lowest BCUT2D eigenvalue weighted by Gasteiger charge is -2.46. The molecule has 3 nitrogen and oxygen atoms in total. The molecule has 4 rings (SSSR count). The van der Waals surface area contributed by atoms with Gasteiger partial charge in [0.15, 0.2) is 0 Å². The molecule has 0 aliphatic heterocycles. The monoisotopic (exact) mass is 357 g/mol. The molecule has 0 spiro atoms. The van der Waals surface area contributed by atoms with Gasteiger partial charge in [-0.3, -0.25) is 4.79 Å². The van der Waals surface area contributed by atoms with Crippen molar-refractivity contribution in [2.45, 2.75) is 36.8 Å². The Hall–Kier alpha value is -2.27. The lowest BCUT2D eigenvalue weighted by atomic mass is 9.74. The third kappa shape index (κ3) is 2.16. The van der Waals surface area contributed by atoms with E-state index in [1.165, 1.54) is 19.1 Å². The highest BCUT2D eigenvalue weighted by Crippen LogP contribution is 2.50. The van der Waals surface area contributed by atoms with Crippen LogP contribution in [-0.4, -0.2) is 36.5 Å². The summed E-state index contributed by atoms with van der Waals surface area (Å²) in [6, 6.07) is 14.8. The van der Waals surface area contributed by atoms with Gasteiger partial charge in [-0.25, -0.2) is 0 Å². The number of hydrogen-bond donors (Lipinski definition) is 0. The number of amides is 1. The van der Waals surface area contributed by atoms with Gasteiger partial charge in [-0.1, -0.05) is 48.5 Å². The maximum absolute atomic E-state index is 15.1. The summed E-state index contributed by atoms with van der Waals surface area (Å²) in [5.74, 6) is -4.74. The Balaban J connectivity index is 1.75. The number of nitrogens with zero attached hydrogens (tertiary/aromatic N) is 1. The fourth-order valence-electron chi connectivity index (χ4n) is 4.22. The highest BCUT2D eigenvalue weighted by molar-refractivity contribution is 5.88. The average molecular weight is 357 g/mol. The zero-order valence-electron chi connectivity index (χ0n) is 14.8. The zero-order chi connectivity index (χ0) is 18.5. The Bertz CT molecular complexity index is 810. The van der Waals surface area contributed by atoms with Crippen molar-refractivity contribution >= 4 is 5.91 Å². The third-order valence-electron chi connectivity index (χ3n) is 5.90. The van der Waals surface area contributed by atoms with Crippen molar-refractivity contribution in [3.05, 3.63) is 59.7 Å². The summed E-state index contributed by atoms with van der Waals surface area (Å²) in [6.45, 7) is 0. The van der Waals surface area contributed by atoms with Gasteiger partial charge in [0, 0.05) is 14.2 Å². The van der Waals surface area contributed by atoms with Gasteiger partial charge in [0.25, 0.3) is 5.91 Å². The number of alkyl halides is 2. The van der Waals surface area contributed by atoms with E-state index in [0.29, 0.717) is 6.42 Å². The third-order valence-corrected chi connectivity index (χ3v) is 5.90. The molecule has 1 saturated carbocycles. The largest absolute Gasteiger partial charge is 0.371 e. The minimum atomic E-state index is -3.55. The predicted octanol–water partition coefficient (Wildman–Crippen LogP) is 4.42. The van der Waals surface area contributed by atoms with Crippen LogP contribution in [0, 0.1) is 0 Å². The summed E-state index contributed by atoms with van der Waals surface area (Å²) in [5, 5.41) is 0. The Morgan fingerprint density at radius 1 is 1.08 bits per heavy atom. The molecular weight excluding hydrogens is 336 g/mol. The SMILES string of the molecule is COC1(C(F)(F)C(=O)N(C)C2c3ccccc3-c3ccccc32)CCC1. The molecule has 0 saturated heterocycles. The number of hydrogen-bond acceptors (Lipinski definition) is 2. The fourth-order valence-corrected chi connectivity index (χ4v) is 4.22. The topological polar surface area (TPSA) is 29.5 Å². The van der Waals surface area contributed by atoms with E-state index in [9.17, 15) is 4.79 Å². The second kappa shape index (κ2) is 5.88. The molecule has 2 aliphatic rings. The summed E-state index contributed by atoms with van der Waals surface area (Å²) in [6.07, 6.45) is 1.05. The van der Waals surface area contributed by atoms with Crippen molar-refractivity contribution in [3.63, 3.8) is 0 Å². The average Bonchev–Trinajstić information content (AvgIpc) is 2.94. The van der Waals surface area contributed by atoms with Gasteiger partial charge in [-0.15, -0.1) is 0 Å². The van der Waals surface area contributed by atoms with Crippen molar-refractivity contribution in [1.29, 1.82) is 0 Å². The maximum Gasteiger partial charge on any atom is 0.352 e. The number of ether oxygens (including phenoxy) is 1. The lowest BCUT2D eigenvalue weighted by Crippen LogP contribution is -2.62. The van der Waals surface area contributed by atoms with E-state index in [2.05, 4.69) is 0 Å². The number of rotatable bonds is 4. The fraction of sp³-hybridized carbons (Fsp3) is 0.381. The molecule has 0 atom stereocenters. The van der Waals surface area contributed by atoms with Crippen LogP contribution in [0.25, 0.3) is 11.1 Å². The van der Waals surface area contributed by atoms with Crippen LogP contribution in [0.1, 0.15) is 36.4 Å².